The smallest absolute Gasteiger partial charge is 0.255 e. The highest BCUT2D eigenvalue weighted by Gasteiger charge is 2.17. The van der Waals surface area contributed by atoms with Crippen LogP contribution in [0.4, 0.5) is 5.69 Å². The molecule has 0 spiro atoms. The number of halogens is 1. The predicted octanol–water partition coefficient (Wildman–Crippen LogP) is 3.63. The minimum absolute atomic E-state index is 0.198. The van der Waals surface area contributed by atoms with Gasteiger partial charge in [-0.05, 0) is 43.3 Å². The van der Waals surface area contributed by atoms with Crippen molar-refractivity contribution < 1.29 is 4.79 Å². The van der Waals surface area contributed by atoms with Crippen molar-refractivity contribution in [3.63, 3.8) is 0 Å². The summed E-state index contributed by atoms with van der Waals surface area (Å²) in [5.41, 5.74) is 3.67. The van der Waals surface area contributed by atoms with Crippen molar-refractivity contribution in [2.75, 3.05) is 5.32 Å². The Morgan fingerprint density at radius 2 is 2.00 bits per heavy atom. The Hall–Kier alpha value is -2.53. The molecule has 5 nitrogen and oxygen atoms in total. The summed E-state index contributed by atoms with van der Waals surface area (Å²) in [6.07, 6.45) is 1.93. The summed E-state index contributed by atoms with van der Waals surface area (Å²) in [5, 5.41) is 10.7. The predicted molar refractivity (Wildman–Crippen MR) is 87.1 cm³/mol. The Labute approximate surface area is 132 Å². The summed E-state index contributed by atoms with van der Waals surface area (Å²) in [4.78, 5) is 12.4. The average Bonchev–Trinajstić information content (AvgIpc) is 3.06. The molecular weight excluding hydrogens is 300 g/mol. The summed E-state index contributed by atoms with van der Waals surface area (Å²) in [6, 6.07) is 10.6. The van der Waals surface area contributed by atoms with E-state index in [0.29, 0.717) is 22.0 Å². The van der Waals surface area contributed by atoms with Gasteiger partial charge in [0.25, 0.3) is 5.91 Å². The molecule has 3 rings (SSSR count). The lowest BCUT2D eigenvalue weighted by atomic mass is 10.2. The number of aromatic amines is 1. The summed E-state index contributed by atoms with van der Waals surface area (Å²) in [5.74, 6) is -0.198. The van der Waals surface area contributed by atoms with Crippen LogP contribution in [0.3, 0.4) is 0 Å². The van der Waals surface area contributed by atoms with Gasteiger partial charge in [-0.1, -0.05) is 11.6 Å². The van der Waals surface area contributed by atoms with E-state index in [2.05, 4.69) is 15.5 Å². The maximum atomic E-state index is 12.4. The van der Waals surface area contributed by atoms with Crippen LogP contribution in [-0.2, 0) is 7.05 Å². The summed E-state index contributed by atoms with van der Waals surface area (Å²) < 4.78 is 1.95. The molecular formula is C16H15ClN4O. The highest BCUT2D eigenvalue weighted by molar-refractivity contribution is 6.30. The molecule has 2 heterocycles. The molecule has 22 heavy (non-hydrogen) atoms. The molecule has 0 atom stereocenters. The van der Waals surface area contributed by atoms with Crippen molar-refractivity contribution in [1.29, 1.82) is 0 Å². The maximum Gasteiger partial charge on any atom is 0.255 e. The zero-order chi connectivity index (χ0) is 15.7. The quantitative estimate of drug-likeness (QED) is 0.775. The Balaban J connectivity index is 1.93. The Morgan fingerprint density at radius 1 is 1.27 bits per heavy atom. The molecule has 0 bridgehead atoms. The summed E-state index contributed by atoms with van der Waals surface area (Å²) in [7, 11) is 1.93. The third kappa shape index (κ3) is 2.63. The number of anilines is 1. The number of nitrogens with one attached hydrogen (secondary N) is 2. The topological polar surface area (TPSA) is 62.7 Å². The summed E-state index contributed by atoms with van der Waals surface area (Å²) in [6.45, 7) is 1.87. The van der Waals surface area contributed by atoms with E-state index in [4.69, 9.17) is 11.6 Å². The van der Waals surface area contributed by atoms with E-state index in [0.717, 1.165) is 11.4 Å². The zero-order valence-corrected chi connectivity index (χ0v) is 13.0. The van der Waals surface area contributed by atoms with Crippen LogP contribution in [0.15, 0.2) is 42.6 Å². The number of aryl methyl sites for hydroxylation is 2. The third-order valence-corrected chi connectivity index (χ3v) is 3.73. The van der Waals surface area contributed by atoms with Gasteiger partial charge < -0.3 is 9.88 Å². The number of carbonyl (C=O) groups is 1. The van der Waals surface area contributed by atoms with Gasteiger partial charge in [-0.3, -0.25) is 9.89 Å². The molecule has 0 saturated heterocycles. The van der Waals surface area contributed by atoms with Crippen molar-refractivity contribution in [2.24, 2.45) is 7.05 Å². The van der Waals surface area contributed by atoms with Crippen molar-refractivity contribution in [2.45, 2.75) is 6.92 Å². The van der Waals surface area contributed by atoms with Crippen LogP contribution < -0.4 is 5.32 Å². The van der Waals surface area contributed by atoms with E-state index < -0.39 is 0 Å². The van der Waals surface area contributed by atoms with Crippen LogP contribution in [0.5, 0.6) is 0 Å². The van der Waals surface area contributed by atoms with Gasteiger partial charge in [-0.2, -0.15) is 5.10 Å². The van der Waals surface area contributed by atoms with Gasteiger partial charge in [0.05, 0.1) is 17.1 Å². The standard InChI is InChI=1S/C16H15ClN4O/c1-10-14(15(20-19-10)13-4-3-9-21(13)2)18-16(22)11-5-7-12(17)8-6-11/h3-9H,1-2H3,(H,18,22)(H,19,20). The molecule has 3 aromatic rings. The number of hydrogen-bond acceptors (Lipinski definition) is 2. The molecule has 112 valence electrons. The summed E-state index contributed by atoms with van der Waals surface area (Å²) >= 11 is 5.85. The van der Waals surface area contributed by atoms with Gasteiger partial charge in [0.2, 0.25) is 0 Å². The second-order valence-corrected chi connectivity index (χ2v) is 5.47. The van der Waals surface area contributed by atoms with Gasteiger partial charge >= 0.3 is 0 Å². The number of aromatic nitrogens is 3. The SMILES string of the molecule is Cc1[nH]nc(-c2cccn2C)c1NC(=O)c1ccc(Cl)cc1. The van der Waals surface area contributed by atoms with Crippen LogP contribution in [0, 0.1) is 6.92 Å². The highest BCUT2D eigenvalue weighted by atomic mass is 35.5. The van der Waals surface area contributed by atoms with Crippen LogP contribution in [0.2, 0.25) is 5.02 Å². The van der Waals surface area contributed by atoms with Gasteiger partial charge in [-0.15, -0.1) is 0 Å². The molecule has 0 aliphatic carbocycles. The first-order valence-corrected chi connectivity index (χ1v) is 7.17. The van der Waals surface area contributed by atoms with E-state index in [-0.39, 0.29) is 5.91 Å². The largest absolute Gasteiger partial charge is 0.349 e. The number of benzene rings is 1. The van der Waals surface area contributed by atoms with E-state index in [1.54, 1.807) is 24.3 Å². The van der Waals surface area contributed by atoms with E-state index in [1.165, 1.54) is 0 Å². The lowest BCUT2D eigenvalue weighted by Crippen LogP contribution is -2.13. The lowest BCUT2D eigenvalue weighted by molar-refractivity contribution is 0.102. The third-order valence-electron chi connectivity index (χ3n) is 3.48. The lowest BCUT2D eigenvalue weighted by Gasteiger charge is -2.08. The minimum Gasteiger partial charge on any atom is -0.349 e. The number of nitrogens with zero attached hydrogens (tertiary/aromatic N) is 2. The van der Waals surface area contributed by atoms with Crippen molar-refractivity contribution in [3.8, 4) is 11.4 Å². The van der Waals surface area contributed by atoms with Crippen LogP contribution in [0.1, 0.15) is 16.1 Å². The van der Waals surface area contributed by atoms with Gasteiger partial charge in [0, 0.05) is 23.8 Å². The molecule has 0 unspecified atom stereocenters. The normalized spacial score (nSPS) is 10.7. The number of H-pyrrole nitrogens is 1. The molecule has 0 aliphatic rings. The zero-order valence-electron chi connectivity index (χ0n) is 12.2. The second-order valence-electron chi connectivity index (χ2n) is 5.04. The number of amides is 1. The van der Waals surface area contributed by atoms with Crippen LogP contribution in [-0.4, -0.2) is 20.7 Å². The van der Waals surface area contributed by atoms with Gasteiger partial charge in [0.1, 0.15) is 5.69 Å². The van der Waals surface area contributed by atoms with E-state index in [1.807, 2.05) is 36.9 Å². The van der Waals surface area contributed by atoms with Crippen LogP contribution in [0.25, 0.3) is 11.4 Å². The fourth-order valence-electron chi connectivity index (χ4n) is 2.26. The first kappa shape index (κ1) is 14.4. The average molecular weight is 315 g/mol. The van der Waals surface area contributed by atoms with Crippen LogP contribution >= 0.6 is 11.6 Å². The highest BCUT2D eigenvalue weighted by Crippen LogP contribution is 2.28. The monoisotopic (exact) mass is 314 g/mol. The van der Waals surface area contributed by atoms with Gasteiger partial charge in [-0.25, -0.2) is 0 Å². The van der Waals surface area contributed by atoms with E-state index >= 15 is 0 Å². The first-order chi connectivity index (χ1) is 10.6. The van der Waals surface area contributed by atoms with Crippen molar-refractivity contribution >= 4 is 23.2 Å². The fourth-order valence-corrected chi connectivity index (χ4v) is 2.39. The molecule has 2 N–H and O–H groups in total. The minimum atomic E-state index is -0.198. The second kappa shape index (κ2) is 5.69. The Bertz CT molecular complexity index is 817. The number of hydrogen-bond donors (Lipinski definition) is 2. The molecule has 1 amide bonds. The van der Waals surface area contributed by atoms with Crippen molar-refractivity contribution in [3.05, 3.63) is 58.9 Å². The van der Waals surface area contributed by atoms with Gasteiger partial charge in [0.15, 0.2) is 0 Å². The Morgan fingerprint density at radius 3 is 2.64 bits per heavy atom. The number of carbonyl (C=O) groups excluding carboxylic acids is 1. The Kier molecular flexibility index (Phi) is 3.73. The maximum absolute atomic E-state index is 12.4. The molecule has 2 aromatic heterocycles. The molecule has 6 heteroatoms. The molecule has 0 aliphatic heterocycles. The van der Waals surface area contributed by atoms with Crippen molar-refractivity contribution in [1.82, 2.24) is 14.8 Å². The first-order valence-electron chi connectivity index (χ1n) is 6.80. The molecule has 1 aromatic carbocycles. The number of rotatable bonds is 3. The van der Waals surface area contributed by atoms with E-state index in [9.17, 15) is 4.79 Å². The molecule has 0 radical (unpaired) electrons. The molecule has 0 saturated carbocycles. The molecule has 0 fully saturated rings. The fraction of sp³-hybridized carbons (Fsp3) is 0.125.